The molecule has 1 aromatic heterocycles. The number of benzene rings is 1. The van der Waals surface area contributed by atoms with Crippen molar-refractivity contribution in [2.24, 2.45) is 0 Å². The first kappa shape index (κ1) is 14.5. The minimum absolute atomic E-state index is 0.00987. The van der Waals surface area contributed by atoms with Crippen molar-refractivity contribution in [3.63, 3.8) is 0 Å². The molecule has 0 saturated carbocycles. The van der Waals surface area contributed by atoms with Crippen LogP contribution in [0.25, 0.3) is 0 Å². The molecular weight excluding hydrogens is 292 g/mol. The Balaban J connectivity index is 1.60. The number of halogens is 2. The van der Waals surface area contributed by atoms with Gasteiger partial charge in [0, 0.05) is 13.0 Å². The Morgan fingerprint density at radius 3 is 2.82 bits per heavy atom. The van der Waals surface area contributed by atoms with Crippen LogP contribution in [0.3, 0.4) is 0 Å². The van der Waals surface area contributed by atoms with Gasteiger partial charge in [-0.25, -0.2) is 8.78 Å². The van der Waals surface area contributed by atoms with Crippen LogP contribution in [0.15, 0.2) is 36.4 Å². The highest BCUT2D eigenvalue weighted by Crippen LogP contribution is 2.21. The maximum Gasteiger partial charge on any atom is 0.279 e. The molecule has 1 amide bonds. The second kappa shape index (κ2) is 6.13. The molecule has 116 valence electrons. The van der Waals surface area contributed by atoms with E-state index in [4.69, 9.17) is 4.74 Å². The molecule has 0 bridgehead atoms. The SMILES string of the molecule is O=C(c1cc(C(F)F)[nH]n1)N1CCC(Oc2ccccc2)C1. The van der Waals surface area contributed by atoms with Gasteiger partial charge in [-0.3, -0.25) is 9.89 Å². The van der Waals surface area contributed by atoms with Gasteiger partial charge in [-0.1, -0.05) is 18.2 Å². The summed E-state index contributed by atoms with van der Waals surface area (Å²) in [7, 11) is 0. The van der Waals surface area contributed by atoms with Crippen LogP contribution < -0.4 is 4.74 Å². The lowest BCUT2D eigenvalue weighted by molar-refractivity contribution is 0.0766. The van der Waals surface area contributed by atoms with E-state index >= 15 is 0 Å². The lowest BCUT2D eigenvalue weighted by Crippen LogP contribution is -2.31. The molecule has 1 unspecified atom stereocenters. The first-order chi connectivity index (χ1) is 10.6. The normalized spacial score (nSPS) is 18.0. The van der Waals surface area contributed by atoms with Gasteiger partial charge in [-0.2, -0.15) is 5.10 Å². The number of ether oxygens (including phenoxy) is 1. The number of para-hydroxylation sites is 1. The molecule has 0 radical (unpaired) electrons. The highest BCUT2D eigenvalue weighted by molar-refractivity contribution is 5.92. The van der Waals surface area contributed by atoms with Crippen molar-refractivity contribution in [2.75, 3.05) is 13.1 Å². The lowest BCUT2D eigenvalue weighted by Gasteiger charge is -2.16. The molecule has 3 rings (SSSR count). The van der Waals surface area contributed by atoms with Gasteiger partial charge in [0.25, 0.3) is 12.3 Å². The van der Waals surface area contributed by atoms with Gasteiger partial charge in [-0.15, -0.1) is 0 Å². The largest absolute Gasteiger partial charge is 0.489 e. The number of H-pyrrole nitrogens is 1. The number of hydrogen-bond acceptors (Lipinski definition) is 3. The van der Waals surface area contributed by atoms with E-state index in [2.05, 4.69) is 10.2 Å². The summed E-state index contributed by atoms with van der Waals surface area (Å²) in [6.45, 7) is 0.942. The van der Waals surface area contributed by atoms with Crippen LogP contribution in [0.5, 0.6) is 5.75 Å². The minimum atomic E-state index is -2.67. The first-order valence-corrected chi connectivity index (χ1v) is 6.98. The van der Waals surface area contributed by atoms with Gasteiger partial charge in [0.05, 0.1) is 6.54 Å². The second-order valence-electron chi connectivity index (χ2n) is 5.10. The molecule has 0 aliphatic carbocycles. The van der Waals surface area contributed by atoms with E-state index in [1.54, 1.807) is 4.90 Å². The van der Waals surface area contributed by atoms with Crippen molar-refractivity contribution in [2.45, 2.75) is 19.0 Å². The minimum Gasteiger partial charge on any atom is -0.489 e. The van der Waals surface area contributed by atoms with Crippen LogP contribution in [-0.4, -0.2) is 40.2 Å². The second-order valence-corrected chi connectivity index (χ2v) is 5.10. The van der Waals surface area contributed by atoms with Crippen LogP contribution in [0.1, 0.15) is 29.0 Å². The molecule has 2 aromatic rings. The zero-order valence-electron chi connectivity index (χ0n) is 11.7. The molecule has 1 aliphatic rings. The van der Waals surface area contributed by atoms with Crippen LogP contribution in [0, 0.1) is 0 Å². The summed E-state index contributed by atoms with van der Waals surface area (Å²) in [6, 6.07) is 10.5. The van der Waals surface area contributed by atoms with E-state index in [1.807, 2.05) is 30.3 Å². The predicted octanol–water partition coefficient (Wildman–Crippen LogP) is 2.64. The molecule has 1 aromatic carbocycles. The predicted molar refractivity (Wildman–Crippen MR) is 74.9 cm³/mol. The molecular formula is C15H15F2N3O2. The summed E-state index contributed by atoms with van der Waals surface area (Å²) in [5.41, 5.74) is -0.338. The molecule has 1 atom stereocenters. The summed E-state index contributed by atoms with van der Waals surface area (Å²) in [5, 5.41) is 5.84. The van der Waals surface area contributed by atoms with E-state index < -0.39 is 6.43 Å². The number of carbonyl (C=O) groups excluding carboxylic acids is 1. The number of rotatable bonds is 4. The molecule has 22 heavy (non-hydrogen) atoms. The van der Waals surface area contributed by atoms with Gasteiger partial charge in [-0.05, 0) is 18.2 Å². The molecule has 5 nitrogen and oxygen atoms in total. The van der Waals surface area contributed by atoms with Crippen molar-refractivity contribution in [1.29, 1.82) is 0 Å². The summed E-state index contributed by atoms with van der Waals surface area (Å²) >= 11 is 0. The first-order valence-electron chi connectivity index (χ1n) is 6.98. The summed E-state index contributed by atoms with van der Waals surface area (Å²) in [4.78, 5) is 13.8. The summed E-state index contributed by atoms with van der Waals surface area (Å²) in [5.74, 6) is 0.392. The van der Waals surface area contributed by atoms with Crippen LogP contribution in [0.4, 0.5) is 8.78 Å². The molecule has 1 fully saturated rings. The fourth-order valence-electron chi connectivity index (χ4n) is 2.42. The van der Waals surface area contributed by atoms with Crippen LogP contribution in [-0.2, 0) is 0 Å². The Kier molecular flexibility index (Phi) is 4.04. The number of aromatic nitrogens is 2. The number of likely N-dealkylation sites (tertiary alicyclic amines) is 1. The Hall–Kier alpha value is -2.44. The monoisotopic (exact) mass is 307 g/mol. The molecule has 1 N–H and O–H groups in total. The lowest BCUT2D eigenvalue weighted by atomic mass is 10.3. The van der Waals surface area contributed by atoms with E-state index in [0.717, 1.165) is 11.8 Å². The van der Waals surface area contributed by atoms with E-state index in [-0.39, 0.29) is 23.4 Å². The number of amides is 1. The number of hydrogen-bond donors (Lipinski definition) is 1. The molecule has 0 spiro atoms. The quantitative estimate of drug-likeness (QED) is 0.944. The zero-order chi connectivity index (χ0) is 15.5. The number of nitrogens with zero attached hydrogens (tertiary/aromatic N) is 2. The molecule has 7 heteroatoms. The fraction of sp³-hybridized carbons (Fsp3) is 0.333. The highest BCUT2D eigenvalue weighted by Gasteiger charge is 2.30. The standard InChI is InChI=1S/C15H15F2N3O2/c16-14(17)12-8-13(19-18-12)15(21)20-7-6-11(9-20)22-10-4-2-1-3-5-10/h1-5,8,11,14H,6-7,9H2,(H,18,19). The topological polar surface area (TPSA) is 58.2 Å². The average Bonchev–Trinajstić information content (AvgIpc) is 3.17. The molecule has 2 heterocycles. The number of aromatic amines is 1. The van der Waals surface area contributed by atoms with E-state index in [0.29, 0.717) is 19.5 Å². The van der Waals surface area contributed by atoms with Crippen molar-refractivity contribution in [3.05, 3.63) is 47.8 Å². The highest BCUT2D eigenvalue weighted by atomic mass is 19.3. The smallest absolute Gasteiger partial charge is 0.279 e. The Morgan fingerprint density at radius 1 is 1.36 bits per heavy atom. The van der Waals surface area contributed by atoms with Crippen LogP contribution in [0.2, 0.25) is 0 Å². The third-order valence-electron chi connectivity index (χ3n) is 3.53. The van der Waals surface area contributed by atoms with Crippen molar-refractivity contribution >= 4 is 5.91 Å². The number of carbonyl (C=O) groups is 1. The van der Waals surface area contributed by atoms with Gasteiger partial charge < -0.3 is 9.64 Å². The summed E-state index contributed by atoms with van der Waals surface area (Å²) < 4.78 is 30.8. The van der Waals surface area contributed by atoms with Gasteiger partial charge in [0.1, 0.15) is 17.5 Å². The van der Waals surface area contributed by atoms with Crippen molar-refractivity contribution in [3.8, 4) is 5.75 Å². The Morgan fingerprint density at radius 2 is 2.14 bits per heavy atom. The molecule has 1 aliphatic heterocycles. The number of alkyl halides is 2. The van der Waals surface area contributed by atoms with E-state index in [1.165, 1.54) is 0 Å². The van der Waals surface area contributed by atoms with Crippen molar-refractivity contribution < 1.29 is 18.3 Å². The van der Waals surface area contributed by atoms with Gasteiger partial charge >= 0.3 is 0 Å². The number of nitrogens with one attached hydrogen (secondary N) is 1. The van der Waals surface area contributed by atoms with Crippen LogP contribution >= 0.6 is 0 Å². The maximum absolute atomic E-state index is 12.5. The fourth-order valence-corrected chi connectivity index (χ4v) is 2.42. The molecule has 1 saturated heterocycles. The Bertz CT molecular complexity index is 645. The third kappa shape index (κ3) is 3.08. The third-order valence-corrected chi connectivity index (χ3v) is 3.53. The van der Waals surface area contributed by atoms with Gasteiger partial charge in [0.2, 0.25) is 0 Å². The Labute approximate surface area is 125 Å². The van der Waals surface area contributed by atoms with Gasteiger partial charge in [0.15, 0.2) is 5.69 Å². The zero-order valence-corrected chi connectivity index (χ0v) is 11.7. The summed E-state index contributed by atoms with van der Waals surface area (Å²) in [6.07, 6.45) is -2.06. The van der Waals surface area contributed by atoms with Crippen molar-refractivity contribution in [1.82, 2.24) is 15.1 Å². The maximum atomic E-state index is 12.5. The average molecular weight is 307 g/mol. The van der Waals surface area contributed by atoms with E-state index in [9.17, 15) is 13.6 Å².